The number of aliphatic imine (C=N–C) groups is 2. The predicted octanol–water partition coefficient (Wildman–Crippen LogP) is 8.39. The van der Waals surface area contributed by atoms with Gasteiger partial charge in [0.1, 0.15) is 0 Å². The maximum absolute atomic E-state index is 6.32. The molecule has 0 fully saturated rings. The predicted molar refractivity (Wildman–Crippen MR) is 162 cm³/mol. The number of hydrogen-bond acceptors (Lipinski definition) is 5. The number of para-hydroxylation sites is 3. The zero-order chi connectivity index (χ0) is 26.5. The summed E-state index contributed by atoms with van der Waals surface area (Å²) in [6, 6.07) is 34.1. The van der Waals surface area contributed by atoms with E-state index < -0.39 is 0 Å². The second-order valence-corrected chi connectivity index (χ2v) is 10.8. The number of nitrogens with zero attached hydrogens (tertiary/aromatic N) is 5. The average Bonchev–Trinajstić information content (AvgIpc) is 3.30. The topological polar surface area (TPSA) is 57.8 Å². The Bertz CT molecular complexity index is 1760. The van der Waals surface area contributed by atoms with E-state index >= 15 is 0 Å². The maximum atomic E-state index is 6.32. The van der Waals surface area contributed by atoms with Crippen molar-refractivity contribution >= 4 is 62.1 Å². The molecular weight excluding hydrogens is 572 g/mol. The van der Waals surface area contributed by atoms with Crippen LogP contribution in [0.25, 0.3) is 5.69 Å². The molecule has 5 aromatic rings. The number of fused-ring (bicyclic) bond motifs is 4. The van der Waals surface area contributed by atoms with Crippen LogP contribution in [-0.2, 0) is 0 Å². The minimum absolute atomic E-state index is 0.194. The van der Waals surface area contributed by atoms with Gasteiger partial charge in [0.15, 0.2) is 17.5 Å². The van der Waals surface area contributed by atoms with Gasteiger partial charge in [0.2, 0.25) is 0 Å². The molecule has 7 rings (SSSR count). The summed E-state index contributed by atoms with van der Waals surface area (Å²) in [7, 11) is 0. The second kappa shape index (κ2) is 9.52. The molecule has 0 unspecified atom stereocenters. The van der Waals surface area contributed by atoms with Gasteiger partial charge < -0.3 is 10.2 Å². The molecule has 6 nitrogen and oxygen atoms in total. The van der Waals surface area contributed by atoms with Gasteiger partial charge in [-0.25, -0.2) is 14.7 Å². The van der Waals surface area contributed by atoms with E-state index in [0.717, 1.165) is 55.7 Å². The molecule has 1 aromatic heterocycles. The van der Waals surface area contributed by atoms with Crippen molar-refractivity contribution < 1.29 is 0 Å². The molecule has 3 heterocycles. The highest BCUT2D eigenvalue weighted by Gasteiger charge is 2.41. The first-order valence-electron chi connectivity index (χ1n) is 12.6. The van der Waals surface area contributed by atoms with E-state index in [1.807, 2.05) is 96.5 Å². The van der Waals surface area contributed by atoms with Gasteiger partial charge in [0, 0.05) is 20.7 Å². The van der Waals surface area contributed by atoms with Gasteiger partial charge in [0.25, 0.3) is 0 Å². The molecule has 2 aliphatic rings. The largest absolute Gasteiger partial charge is 0.337 e. The Morgan fingerprint density at radius 3 is 2.31 bits per heavy atom. The van der Waals surface area contributed by atoms with Crippen LogP contribution in [0.2, 0.25) is 5.02 Å². The summed E-state index contributed by atoms with van der Waals surface area (Å²) in [6.07, 6.45) is 0. The minimum Gasteiger partial charge on any atom is -0.337 e. The smallest absolute Gasteiger partial charge is 0.179 e. The quantitative estimate of drug-likeness (QED) is 0.229. The molecule has 0 saturated heterocycles. The number of hydrogen-bond donors (Lipinski definition) is 1. The summed E-state index contributed by atoms with van der Waals surface area (Å²) in [5.74, 6) is 2.18. The zero-order valence-electron chi connectivity index (χ0n) is 20.9. The van der Waals surface area contributed by atoms with Crippen LogP contribution in [0.4, 0.5) is 22.9 Å². The van der Waals surface area contributed by atoms with Crippen molar-refractivity contribution in [3.63, 3.8) is 0 Å². The average molecular weight is 594 g/mol. The number of rotatable bonds is 3. The minimum atomic E-state index is -0.194. The van der Waals surface area contributed by atoms with Gasteiger partial charge in [0.05, 0.1) is 28.8 Å². The van der Waals surface area contributed by atoms with Crippen molar-refractivity contribution in [3.05, 3.63) is 129 Å². The van der Waals surface area contributed by atoms with Crippen LogP contribution in [0.5, 0.6) is 0 Å². The first kappa shape index (κ1) is 23.9. The number of benzene rings is 4. The third kappa shape index (κ3) is 4.15. The Labute approximate surface area is 239 Å². The van der Waals surface area contributed by atoms with Crippen LogP contribution >= 0.6 is 27.5 Å². The first-order chi connectivity index (χ1) is 19.1. The molecule has 39 heavy (non-hydrogen) atoms. The van der Waals surface area contributed by atoms with Gasteiger partial charge in [-0.05, 0) is 73.2 Å². The van der Waals surface area contributed by atoms with Crippen LogP contribution in [-0.4, -0.2) is 21.5 Å². The molecule has 1 N–H and O–H groups in total. The van der Waals surface area contributed by atoms with Gasteiger partial charge in [-0.2, -0.15) is 5.10 Å². The Kier molecular flexibility index (Phi) is 5.83. The van der Waals surface area contributed by atoms with Crippen molar-refractivity contribution in [2.24, 2.45) is 9.98 Å². The SMILES string of the molecule is Cc1nn(-c2ccccc2)c2c1[C@@H](c1ccc(Cl)cc1)N1C(=N2)C(Nc2ccc(Br)cc2)=Nc2ccccc21. The van der Waals surface area contributed by atoms with Gasteiger partial charge in [-0.1, -0.05) is 70.0 Å². The summed E-state index contributed by atoms with van der Waals surface area (Å²) >= 11 is 9.85. The molecule has 0 radical (unpaired) electrons. The number of aromatic nitrogens is 2. The monoisotopic (exact) mass is 592 g/mol. The van der Waals surface area contributed by atoms with E-state index in [-0.39, 0.29) is 6.04 Å². The van der Waals surface area contributed by atoms with E-state index in [1.165, 1.54) is 0 Å². The van der Waals surface area contributed by atoms with Crippen molar-refractivity contribution in [3.8, 4) is 5.69 Å². The van der Waals surface area contributed by atoms with Crippen LogP contribution < -0.4 is 10.2 Å². The highest BCUT2D eigenvalue weighted by Crippen LogP contribution is 2.48. The summed E-state index contributed by atoms with van der Waals surface area (Å²) in [5.41, 5.74) is 6.76. The highest BCUT2D eigenvalue weighted by atomic mass is 79.9. The van der Waals surface area contributed by atoms with Crippen molar-refractivity contribution in [2.45, 2.75) is 13.0 Å². The molecule has 0 bridgehead atoms. The number of halogens is 2. The second-order valence-electron chi connectivity index (χ2n) is 9.41. The highest BCUT2D eigenvalue weighted by molar-refractivity contribution is 9.10. The number of anilines is 2. The number of nitrogens with one attached hydrogen (secondary N) is 1. The van der Waals surface area contributed by atoms with Crippen LogP contribution in [0.3, 0.4) is 0 Å². The van der Waals surface area contributed by atoms with E-state index in [0.29, 0.717) is 10.9 Å². The van der Waals surface area contributed by atoms with Crippen molar-refractivity contribution in [1.29, 1.82) is 0 Å². The summed E-state index contributed by atoms with van der Waals surface area (Å²) in [5, 5.41) is 9.20. The fourth-order valence-corrected chi connectivity index (χ4v) is 5.57. The molecule has 0 aliphatic carbocycles. The lowest BCUT2D eigenvalue weighted by atomic mass is 9.93. The lowest BCUT2D eigenvalue weighted by Crippen LogP contribution is -2.46. The maximum Gasteiger partial charge on any atom is 0.179 e. The molecule has 1 atom stereocenters. The normalized spacial score (nSPS) is 15.6. The summed E-state index contributed by atoms with van der Waals surface area (Å²) in [6.45, 7) is 2.05. The Hall–Kier alpha value is -4.20. The van der Waals surface area contributed by atoms with Gasteiger partial charge >= 0.3 is 0 Å². The van der Waals surface area contributed by atoms with E-state index in [2.05, 4.69) is 44.3 Å². The van der Waals surface area contributed by atoms with Crippen LogP contribution in [0.1, 0.15) is 22.9 Å². The molecule has 190 valence electrons. The fourth-order valence-electron chi connectivity index (χ4n) is 5.18. The van der Waals surface area contributed by atoms with E-state index in [1.54, 1.807) is 0 Å². The van der Waals surface area contributed by atoms with E-state index in [9.17, 15) is 0 Å². The number of aryl methyl sites for hydroxylation is 1. The molecule has 4 aromatic carbocycles. The fraction of sp³-hybridized carbons (Fsp3) is 0.0645. The molecule has 8 heteroatoms. The standard InChI is InChI=1S/C31H22BrClN6/c1-19-27-28(20-11-15-22(33)16-12-20)38-26-10-6-5-9-25(26)35-29(34-23-17-13-21(32)14-18-23)31(38)36-30(27)39(37-19)24-7-3-2-4-8-24/h2-18,28H,1H3,(H,34,35)/t28-/m1/s1. The van der Waals surface area contributed by atoms with Gasteiger partial charge in [-0.3, -0.25) is 0 Å². The van der Waals surface area contributed by atoms with Crippen molar-refractivity contribution in [2.75, 3.05) is 10.2 Å². The van der Waals surface area contributed by atoms with E-state index in [4.69, 9.17) is 26.7 Å². The van der Waals surface area contributed by atoms with Crippen LogP contribution in [0.15, 0.2) is 118 Å². The lowest BCUT2D eigenvalue weighted by Gasteiger charge is -2.40. The molecule has 0 saturated carbocycles. The molecule has 0 amide bonds. The third-order valence-electron chi connectivity index (χ3n) is 6.93. The summed E-state index contributed by atoms with van der Waals surface area (Å²) in [4.78, 5) is 12.6. The number of amidine groups is 2. The Balaban J connectivity index is 1.49. The zero-order valence-corrected chi connectivity index (χ0v) is 23.2. The molecule has 0 spiro atoms. The third-order valence-corrected chi connectivity index (χ3v) is 7.71. The first-order valence-corrected chi connectivity index (χ1v) is 13.7. The molecule has 2 aliphatic heterocycles. The van der Waals surface area contributed by atoms with Crippen LogP contribution in [0, 0.1) is 6.92 Å². The van der Waals surface area contributed by atoms with Crippen molar-refractivity contribution in [1.82, 2.24) is 9.78 Å². The molecular formula is C31H22BrClN6. The van der Waals surface area contributed by atoms with Gasteiger partial charge in [-0.15, -0.1) is 0 Å². The Morgan fingerprint density at radius 1 is 0.821 bits per heavy atom. The lowest BCUT2D eigenvalue weighted by molar-refractivity contribution is 0.815. The summed E-state index contributed by atoms with van der Waals surface area (Å²) < 4.78 is 2.94. The Morgan fingerprint density at radius 2 is 1.54 bits per heavy atom.